The average Bonchev–Trinajstić information content (AvgIpc) is 2.60. The number of primary amides is 1. The molecule has 1 atom stereocenters. The third-order valence-corrected chi connectivity index (χ3v) is 4.20. The summed E-state index contributed by atoms with van der Waals surface area (Å²) in [6.07, 6.45) is 7.96. The minimum Gasteiger partial charge on any atom is -0.370 e. The largest absolute Gasteiger partial charge is 0.370 e. The average molecular weight is 348 g/mol. The maximum absolute atomic E-state index is 12.3. The van der Waals surface area contributed by atoms with Gasteiger partial charge in [-0.3, -0.25) is 9.59 Å². The maximum Gasteiger partial charge on any atom is 0.237 e. The molecule has 0 bridgehead atoms. The van der Waals surface area contributed by atoms with Crippen molar-refractivity contribution < 1.29 is 9.59 Å². The predicted octanol–water partition coefficient (Wildman–Crippen LogP) is 2.54. The third kappa shape index (κ3) is 10.6. The second-order valence-electron chi connectivity index (χ2n) is 6.47. The Bertz CT molecular complexity index is 491. The van der Waals surface area contributed by atoms with Crippen molar-refractivity contribution in [2.45, 2.75) is 64.3 Å². The summed E-state index contributed by atoms with van der Waals surface area (Å²) < 4.78 is 0. The van der Waals surface area contributed by atoms with Crippen LogP contribution >= 0.6 is 0 Å². The van der Waals surface area contributed by atoms with E-state index in [9.17, 15) is 9.59 Å². The summed E-state index contributed by atoms with van der Waals surface area (Å²) in [5, 5.41) is 6.07. The Kier molecular flexibility index (Phi) is 11.4. The fraction of sp³-hybridized carbons (Fsp3) is 0.600. The van der Waals surface area contributed by atoms with Crippen LogP contribution in [-0.4, -0.2) is 30.9 Å². The monoisotopic (exact) mass is 347 g/mol. The van der Waals surface area contributed by atoms with Gasteiger partial charge in [0.2, 0.25) is 11.8 Å². The molecule has 0 spiro atoms. The lowest BCUT2D eigenvalue weighted by atomic mass is 10.1. The number of rotatable bonds is 14. The molecule has 0 aliphatic rings. The molecule has 2 amide bonds. The molecule has 4 N–H and O–H groups in total. The molecule has 25 heavy (non-hydrogen) atoms. The van der Waals surface area contributed by atoms with Gasteiger partial charge >= 0.3 is 0 Å². The van der Waals surface area contributed by atoms with Crippen LogP contribution in [0.4, 0.5) is 0 Å². The molecule has 5 heteroatoms. The molecule has 0 unspecified atom stereocenters. The van der Waals surface area contributed by atoms with Crippen LogP contribution in [0.2, 0.25) is 0 Å². The molecule has 0 heterocycles. The van der Waals surface area contributed by atoms with E-state index < -0.39 is 11.9 Å². The van der Waals surface area contributed by atoms with Gasteiger partial charge < -0.3 is 16.4 Å². The molecule has 0 saturated carbocycles. The molecular formula is C20H33N3O2. The van der Waals surface area contributed by atoms with Gasteiger partial charge in [-0.25, -0.2) is 0 Å². The highest BCUT2D eigenvalue weighted by molar-refractivity contribution is 5.87. The van der Waals surface area contributed by atoms with E-state index in [0.29, 0.717) is 6.54 Å². The molecule has 140 valence electrons. The lowest BCUT2D eigenvalue weighted by Gasteiger charge is -2.17. The molecule has 5 nitrogen and oxygen atoms in total. The molecule has 1 rings (SSSR count). The molecule has 0 saturated heterocycles. The number of nitrogens with one attached hydrogen (secondary N) is 2. The molecule has 0 aromatic heterocycles. The summed E-state index contributed by atoms with van der Waals surface area (Å²) in [5.41, 5.74) is 6.45. The Hall–Kier alpha value is -1.88. The summed E-state index contributed by atoms with van der Waals surface area (Å²) in [6.45, 7) is 3.49. The van der Waals surface area contributed by atoms with E-state index in [0.717, 1.165) is 25.8 Å². The van der Waals surface area contributed by atoms with Gasteiger partial charge in [0.05, 0.1) is 12.5 Å². The first-order valence-corrected chi connectivity index (χ1v) is 9.46. The molecule has 0 radical (unpaired) electrons. The van der Waals surface area contributed by atoms with Crippen LogP contribution in [0.15, 0.2) is 30.3 Å². The minimum atomic E-state index is -0.538. The number of hydrogen-bond acceptors (Lipinski definition) is 3. The number of hydrogen-bond donors (Lipinski definition) is 3. The van der Waals surface area contributed by atoms with Gasteiger partial charge in [-0.15, -0.1) is 0 Å². The van der Waals surface area contributed by atoms with Gasteiger partial charge in [0.15, 0.2) is 0 Å². The SMILES string of the molecule is CCCCCCCCN[C@@H](CC(N)=O)C(=O)NCCc1ccccc1. The molecule has 0 aliphatic carbocycles. The van der Waals surface area contributed by atoms with E-state index in [1.54, 1.807) is 0 Å². The fourth-order valence-corrected chi connectivity index (χ4v) is 2.74. The molecule has 1 aromatic rings. The highest BCUT2D eigenvalue weighted by Crippen LogP contribution is 2.04. The van der Waals surface area contributed by atoms with Crippen LogP contribution in [0.3, 0.4) is 0 Å². The van der Waals surface area contributed by atoms with Crippen molar-refractivity contribution in [3.8, 4) is 0 Å². The number of benzene rings is 1. The summed E-state index contributed by atoms with van der Waals surface area (Å²) in [4.78, 5) is 23.5. The van der Waals surface area contributed by atoms with Crippen molar-refractivity contribution in [1.82, 2.24) is 10.6 Å². The van der Waals surface area contributed by atoms with Gasteiger partial charge in [0.25, 0.3) is 0 Å². The fourth-order valence-electron chi connectivity index (χ4n) is 2.74. The molecule has 0 aliphatic heterocycles. The van der Waals surface area contributed by atoms with Crippen LogP contribution in [0.25, 0.3) is 0 Å². The topological polar surface area (TPSA) is 84.2 Å². The summed E-state index contributed by atoms with van der Waals surface area (Å²) in [5.74, 6) is -0.612. The Morgan fingerprint density at radius 1 is 1.00 bits per heavy atom. The van der Waals surface area contributed by atoms with Crippen molar-refractivity contribution >= 4 is 11.8 Å². The number of carbonyl (C=O) groups is 2. The second-order valence-corrected chi connectivity index (χ2v) is 6.47. The molecule has 0 fully saturated rings. The van der Waals surface area contributed by atoms with Gasteiger partial charge in [-0.2, -0.15) is 0 Å². The first kappa shape index (κ1) is 21.2. The summed E-state index contributed by atoms with van der Waals surface area (Å²) in [6, 6.07) is 9.46. The number of nitrogens with two attached hydrogens (primary N) is 1. The quantitative estimate of drug-likeness (QED) is 0.452. The normalized spacial score (nSPS) is 11.9. The second kappa shape index (κ2) is 13.4. The van der Waals surface area contributed by atoms with E-state index in [1.807, 2.05) is 30.3 Å². The zero-order chi connectivity index (χ0) is 18.3. The first-order chi connectivity index (χ1) is 12.1. The van der Waals surface area contributed by atoms with Crippen molar-refractivity contribution in [1.29, 1.82) is 0 Å². The van der Waals surface area contributed by atoms with Crippen LogP contribution in [-0.2, 0) is 16.0 Å². The van der Waals surface area contributed by atoms with Crippen LogP contribution in [0.5, 0.6) is 0 Å². The number of carbonyl (C=O) groups excluding carboxylic acids is 2. The summed E-state index contributed by atoms with van der Waals surface area (Å²) >= 11 is 0. The Morgan fingerprint density at radius 3 is 2.36 bits per heavy atom. The Morgan fingerprint density at radius 2 is 1.68 bits per heavy atom. The standard InChI is InChI=1S/C20H33N3O2/c1-2-3-4-5-6-10-14-22-18(16-19(21)24)20(25)23-15-13-17-11-8-7-9-12-17/h7-9,11-12,18,22H,2-6,10,13-16H2,1H3,(H2,21,24)(H,23,25)/t18-/m0/s1. The van der Waals surface area contributed by atoms with Gasteiger partial charge in [0, 0.05) is 6.54 Å². The van der Waals surface area contributed by atoms with Crippen molar-refractivity contribution in [3.05, 3.63) is 35.9 Å². The van der Waals surface area contributed by atoms with Crippen LogP contribution < -0.4 is 16.4 Å². The van der Waals surface area contributed by atoms with E-state index in [1.165, 1.54) is 31.2 Å². The lowest BCUT2D eigenvalue weighted by molar-refractivity contribution is -0.127. The van der Waals surface area contributed by atoms with E-state index in [4.69, 9.17) is 5.73 Å². The third-order valence-electron chi connectivity index (χ3n) is 4.20. The van der Waals surface area contributed by atoms with Crippen LogP contribution in [0, 0.1) is 0 Å². The zero-order valence-electron chi connectivity index (χ0n) is 15.4. The minimum absolute atomic E-state index is 0.0347. The van der Waals surface area contributed by atoms with E-state index in [2.05, 4.69) is 17.6 Å². The van der Waals surface area contributed by atoms with E-state index in [-0.39, 0.29) is 12.3 Å². The highest BCUT2D eigenvalue weighted by Gasteiger charge is 2.19. The molecular weight excluding hydrogens is 314 g/mol. The van der Waals surface area contributed by atoms with Crippen molar-refractivity contribution in [2.24, 2.45) is 5.73 Å². The Balaban J connectivity index is 2.27. The van der Waals surface area contributed by atoms with Gasteiger partial charge in [-0.1, -0.05) is 69.4 Å². The Labute approximate surface area is 151 Å². The zero-order valence-corrected chi connectivity index (χ0v) is 15.4. The maximum atomic E-state index is 12.3. The van der Waals surface area contributed by atoms with Crippen LogP contribution in [0.1, 0.15) is 57.4 Å². The summed E-state index contributed by atoms with van der Waals surface area (Å²) in [7, 11) is 0. The number of amides is 2. The first-order valence-electron chi connectivity index (χ1n) is 9.46. The van der Waals surface area contributed by atoms with Crippen molar-refractivity contribution in [3.63, 3.8) is 0 Å². The molecule has 1 aromatic carbocycles. The van der Waals surface area contributed by atoms with Gasteiger partial charge in [-0.05, 0) is 24.9 Å². The lowest BCUT2D eigenvalue weighted by Crippen LogP contribution is -2.47. The smallest absolute Gasteiger partial charge is 0.237 e. The van der Waals surface area contributed by atoms with Crippen molar-refractivity contribution in [2.75, 3.05) is 13.1 Å². The number of unbranched alkanes of at least 4 members (excludes halogenated alkanes) is 5. The predicted molar refractivity (Wildman–Crippen MR) is 102 cm³/mol. The highest BCUT2D eigenvalue weighted by atomic mass is 16.2. The van der Waals surface area contributed by atoms with E-state index >= 15 is 0 Å². The van der Waals surface area contributed by atoms with Gasteiger partial charge in [0.1, 0.15) is 0 Å².